The van der Waals surface area contributed by atoms with Gasteiger partial charge in [0.05, 0.1) is 11.5 Å². The van der Waals surface area contributed by atoms with Gasteiger partial charge in [-0.2, -0.15) is 0 Å². The zero-order valence-electron chi connectivity index (χ0n) is 7.86. The molecule has 2 unspecified atom stereocenters. The molecule has 2 bridgehead atoms. The van der Waals surface area contributed by atoms with E-state index in [1.165, 1.54) is 0 Å². The molecular formula is C8H16N2O2S. The van der Waals surface area contributed by atoms with E-state index >= 15 is 0 Å². The Bertz CT molecular complexity index is 289. The minimum absolute atomic E-state index is 0.178. The van der Waals surface area contributed by atoms with Gasteiger partial charge in [0.2, 0.25) is 0 Å². The van der Waals surface area contributed by atoms with Crippen LogP contribution in [0.2, 0.25) is 0 Å². The number of fused-ring (bicyclic) bond motifs is 3. The molecule has 1 N–H and O–H groups in total. The van der Waals surface area contributed by atoms with Crippen LogP contribution in [0.5, 0.6) is 0 Å². The van der Waals surface area contributed by atoms with E-state index in [1.807, 2.05) is 7.05 Å². The van der Waals surface area contributed by atoms with Crippen molar-refractivity contribution in [2.24, 2.45) is 5.92 Å². The van der Waals surface area contributed by atoms with Gasteiger partial charge in [0, 0.05) is 25.7 Å². The van der Waals surface area contributed by atoms with Crippen LogP contribution in [0.3, 0.4) is 0 Å². The number of hydrogen-bond donors (Lipinski definition) is 1. The summed E-state index contributed by atoms with van der Waals surface area (Å²) >= 11 is 0. The number of hydrogen-bond acceptors (Lipinski definition) is 4. The first kappa shape index (κ1) is 9.43. The van der Waals surface area contributed by atoms with Gasteiger partial charge in [0.1, 0.15) is 0 Å². The summed E-state index contributed by atoms with van der Waals surface area (Å²) in [4.78, 5) is 2.18. The molecule has 13 heavy (non-hydrogen) atoms. The van der Waals surface area contributed by atoms with Crippen molar-refractivity contribution >= 4 is 9.84 Å². The molecule has 0 aromatic heterocycles. The van der Waals surface area contributed by atoms with Crippen LogP contribution in [0, 0.1) is 5.92 Å². The van der Waals surface area contributed by atoms with Crippen LogP contribution in [0.25, 0.3) is 0 Å². The molecule has 2 saturated heterocycles. The molecule has 2 atom stereocenters. The predicted octanol–water partition coefficient (Wildman–Crippen LogP) is -1.07. The van der Waals surface area contributed by atoms with Crippen LogP contribution in [0.15, 0.2) is 0 Å². The lowest BCUT2D eigenvalue weighted by molar-refractivity contribution is 0.262. The lowest BCUT2D eigenvalue weighted by Crippen LogP contribution is -2.41. The van der Waals surface area contributed by atoms with Gasteiger partial charge < -0.3 is 10.2 Å². The van der Waals surface area contributed by atoms with Crippen molar-refractivity contribution in [2.75, 3.05) is 38.2 Å². The standard InChI is InChI=1S/C8H16N2O2S/c1-10-4-7-2-9-3-8(10)6-13(11,12)5-7/h7-9H,2-6H2,1H3. The Morgan fingerprint density at radius 2 is 2.08 bits per heavy atom. The van der Waals surface area contributed by atoms with Crippen molar-refractivity contribution in [3.8, 4) is 0 Å². The molecule has 0 aromatic carbocycles. The molecule has 4 nitrogen and oxygen atoms in total. The summed E-state index contributed by atoms with van der Waals surface area (Å²) in [6, 6.07) is 0.178. The van der Waals surface area contributed by atoms with E-state index in [-0.39, 0.29) is 12.0 Å². The second-order valence-corrected chi connectivity index (χ2v) is 6.35. The van der Waals surface area contributed by atoms with Gasteiger partial charge in [0.25, 0.3) is 0 Å². The van der Waals surface area contributed by atoms with Gasteiger partial charge in [-0.1, -0.05) is 0 Å². The molecular weight excluding hydrogens is 188 g/mol. The monoisotopic (exact) mass is 204 g/mol. The first-order chi connectivity index (χ1) is 6.07. The van der Waals surface area contributed by atoms with E-state index in [9.17, 15) is 8.42 Å². The van der Waals surface area contributed by atoms with E-state index in [0.29, 0.717) is 11.5 Å². The number of sulfone groups is 1. The van der Waals surface area contributed by atoms with E-state index in [2.05, 4.69) is 10.2 Å². The zero-order valence-corrected chi connectivity index (χ0v) is 8.68. The fraction of sp³-hybridized carbons (Fsp3) is 1.00. The Hall–Kier alpha value is -0.130. The first-order valence-electron chi connectivity index (χ1n) is 4.68. The molecule has 2 rings (SSSR count). The zero-order chi connectivity index (χ0) is 9.47. The largest absolute Gasteiger partial charge is 0.315 e. The summed E-state index contributed by atoms with van der Waals surface area (Å²) in [7, 11) is -0.774. The van der Waals surface area contributed by atoms with Crippen LogP contribution in [0.4, 0.5) is 0 Å². The summed E-state index contributed by atoms with van der Waals surface area (Å²) in [6.45, 7) is 2.57. The van der Waals surface area contributed by atoms with Gasteiger partial charge >= 0.3 is 0 Å². The average molecular weight is 204 g/mol. The Morgan fingerprint density at radius 3 is 2.85 bits per heavy atom. The molecule has 0 radical (unpaired) electrons. The molecule has 0 spiro atoms. The predicted molar refractivity (Wildman–Crippen MR) is 51.4 cm³/mol. The number of nitrogens with zero attached hydrogens (tertiary/aromatic N) is 1. The Morgan fingerprint density at radius 1 is 1.31 bits per heavy atom. The maximum atomic E-state index is 11.6. The maximum Gasteiger partial charge on any atom is 0.152 e. The summed E-state index contributed by atoms with van der Waals surface area (Å²) in [6.07, 6.45) is 0. The van der Waals surface area contributed by atoms with Crippen LogP contribution < -0.4 is 5.32 Å². The quantitative estimate of drug-likeness (QED) is 0.546. The summed E-state index contributed by atoms with van der Waals surface area (Å²) in [5.41, 5.74) is 0. The molecule has 0 saturated carbocycles. The van der Waals surface area contributed by atoms with Gasteiger partial charge in [-0.15, -0.1) is 0 Å². The third-order valence-electron chi connectivity index (χ3n) is 2.92. The van der Waals surface area contributed by atoms with Gasteiger partial charge in [-0.3, -0.25) is 0 Å². The maximum absolute atomic E-state index is 11.6. The van der Waals surface area contributed by atoms with E-state index in [4.69, 9.17) is 0 Å². The summed E-state index contributed by atoms with van der Waals surface area (Å²) < 4.78 is 23.2. The molecule has 5 heteroatoms. The molecule has 0 aliphatic carbocycles. The highest BCUT2D eigenvalue weighted by atomic mass is 32.2. The van der Waals surface area contributed by atoms with Crippen molar-refractivity contribution in [1.29, 1.82) is 0 Å². The molecule has 0 aromatic rings. The van der Waals surface area contributed by atoms with Crippen LogP contribution in [0.1, 0.15) is 0 Å². The lowest BCUT2D eigenvalue weighted by atomic mass is 10.2. The molecule has 2 aliphatic rings. The van der Waals surface area contributed by atoms with Gasteiger partial charge in [-0.05, 0) is 13.0 Å². The van der Waals surface area contributed by atoms with Crippen molar-refractivity contribution in [3.63, 3.8) is 0 Å². The van der Waals surface area contributed by atoms with Gasteiger partial charge in [0.15, 0.2) is 9.84 Å². The number of nitrogens with one attached hydrogen (secondary N) is 1. The average Bonchev–Trinajstić information content (AvgIpc) is 2.16. The van der Waals surface area contributed by atoms with Crippen LogP contribution >= 0.6 is 0 Å². The van der Waals surface area contributed by atoms with Gasteiger partial charge in [-0.25, -0.2) is 8.42 Å². The Balaban J connectivity index is 2.27. The third-order valence-corrected chi connectivity index (χ3v) is 4.79. The smallest absolute Gasteiger partial charge is 0.152 e. The topological polar surface area (TPSA) is 49.4 Å². The van der Waals surface area contributed by atoms with E-state index in [1.54, 1.807) is 0 Å². The van der Waals surface area contributed by atoms with E-state index < -0.39 is 9.84 Å². The minimum Gasteiger partial charge on any atom is -0.315 e. The summed E-state index contributed by atoms with van der Waals surface area (Å²) in [5.74, 6) is 0.968. The lowest BCUT2D eigenvalue weighted by Gasteiger charge is -2.22. The molecule has 2 heterocycles. The number of likely N-dealkylation sites (N-methyl/N-ethyl adjacent to an activating group) is 1. The van der Waals surface area contributed by atoms with Crippen LogP contribution in [-0.2, 0) is 9.84 Å². The third kappa shape index (κ3) is 2.03. The van der Waals surface area contributed by atoms with Crippen molar-refractivity contribution < 1.29 is 8.42 Å². The molecule has 2 fully saturated rings. The second kappa shape index (κ2) is 3.22. The van der Waals surface area contributed by atoms with Crippen molar-refractivity contribution in [1.82, 2.24) is 10.2 Å². The second-order valence-electron chi connectivity index (χ2n) is 4.19. The Kier molecular flexibility index (Phi) is 2.33. The summed E-state index contributed by atoms with van der Waals surface area (Å²) in [5, 5.41) is 3.31. The first-order valence-corrected chi connectivity index (χ1v) is 6.50. The SMILES string of the molecule is CN1CC2CNCC1CS(=O)(=O)C2. The van der Waals surface area contributed by atoms with Crippen LogP contribution in [-0.4, -0.2) is 57.5 Å². The highest BCUT2D eigenvalue weighted by Gasteiger charge is 2.33. The minimum atomic E-state index is -2.79. The normalized spacial score (nSPS) is 39.8. The fourth-order valence-electron chi connectivity index (χ4n) is 2.25. The highest BCUT2D eigenvalue weighted by molar-refractivity contribution is 7.91. The van der Waals surface area contributed by atoms with Crippen molar-refractivity contribution in [2.45, 2.75) is 6.04 Å². The Labute approximate surface area is 79.2 Å². The fourth-order valence-corrected chi connectivity index (χ4v) is 4.29. The van der Waals surface area contributed by atoms with Crippen molar-refractivity contribution in [3.05, 3.63) is 0 Å². The molecule has 76 valence electrons. The van der Waals surface area contributed by atoms with E-state index in [0.717, 1.165) is 19.6 Å². The highest BCUT2D eigenvalue weighted by Crippen LogP contribution is 2.16. The number of rotatable bonds is 0. The molecule has 2 aliphatic heterocycles. The molecule has 0 amide bonds.